The van der Waals surface area contributed by atoms with Crippen LogP contribution in [0, 0.1) is 11.3 Å². The summed E-state index contributed by atoms with van der Waals surface area (Å²) in [5.74, 6) is 0.0810. The van der Waals surface area contributed by atoms with Crippen LogP contribution in [0.2, 0.25) is 0 Å². The lowest BCUT2D eigenvalue weighted by Gasteiger charge is -2.31. The van der Waals surface area contributed by atoms with Gasteiger partial charge in [-0.3, -0.25) is 0 Å². The zero-order valence-electron chi connectivity index (χ0n) is 12.2. The van der Waals surface area contributed by atoms with Crippen LogP contribution in [-0.4, -0.2) is 45.4 Å². The Labute approximate surface area is 126 Å². The van der Waals surface area contributed by atoms with Gasteiger partial charge in [-0.25, -0.2) is 8.42 Å². The molecule has 1 N–H and O–H groups in total. The summed E-state index contributed by atoms with van der Waals surface area (Å²) in [5.41, 5.74) is 0.835. The van der Waals surface area contributed by atoms with E-state index in [1.165, 1.54) is 4.90 Å². The number of hydrogen-bond donors (Lipinski definition) is 1. The number of benzene rings is 1. The first-order valence-electron chi connectivity index (χ1n) is 7.34. The van der Waals surface area contributed by atoms with Crippen molar-refractivity contribution in [2.75, 3.05) is 32.7 Å². The minimum Gasteiger partial charge on any atom is -0.333 e. The van der Waals surface area contributed by atoms with E-state index >= 15 is 0 Å². The van der Waals surface area contributed by atoms with Gasteiger partial charge in [0, 0.05) is 12.8 Å². The summed E-state index contributed by atoms with van der Waals surface area (Å²) in [5, 5.41) is 8.54. The molecule has 0 atom stereocenters. The summed E-state index contributed by atoms with van der Waals surface area (Å²) in [6.45, 7) is 3.78. The van der Waals surface area contributed by atoms with Crippen LogP contribution in [-0.2, 0) is 15.8 Å². The van der Waals surface area contributed by atoms with E-state index in [0.29, 0.717) is 19.5 Å². The maximum absolute atomic E-state index is 12.4. The lowest BCUT2D eigenvalue weighted by Crippen LogP contribution is -3.14. The summed E-state index contributed by atoms with van der Waals surface area (Å²) < 4.78 is 26.4. The summed E-state index contributed by atoms with van der Waals surface area (Å²) >= 11 is 0. The minimum absolute atomic E-state index is 0.0810. The smallest absolute Gasteiger partial charge is 0.218 e. The molecule has 0 aliphatic carbocycles. The van der Waals surface area contributed by atoms with Crippen LogP contribution in [0.3, 0.4) is 0 Å². The van der Waals surface area contributed by atoms with Crippen molar-refractivity contribution in [1.82, 2.24) is 4.31 Å². The van der Waals surface area contributed by atoms with E-state index in [4.69, 9.17) is 5.26 Å². The molecule has 0 saturated carbocycles. The summed E-state index contributed by atoms with van der Waals surface area (Å²) in [6, 6.07) is 11.5. The predicted molar refractivity (Wildman–Crippen MR) is 81.0 cm³/mol. The van der Waals surface area contributed by atoms with Crippen molar-refractivity contribution < 1.29 is 13.3 Å². The fourth-order valence-corrected chi connectivity index (χ4v) is 4.16. The van der Waals surface area contributed by atoms with Gasteiger partial charge < -0.3 is 4.90 Å². The van der Waals surface area contributed by atoms with Crippen LogP contribution in [0.1, 0.15) is 18.4 Å². The molecule has 1 fully saturated rings. The molecular formula is C15H22N3O2S+. The number of nitriles is 1. The fourth-order valence-electron chi connectivity index (χ4n) is 2.62. The van der Waals surface area contributed by atoms with Crippen molar-refractivity contribution in [3.8, 4) is 6.07 Å². The van der Waals surface area contributed by atoms with Gasteiger partial charge in [0.15, 0.2) is 0 Å². The predicted octanol–water partition coefficient (Wildman–Crippen LogP) is 0.0207. The SMILES string of the molecule is N#CCCC[NH+]1CCN(S(=O)(=O)Cc2ccccc2)CC1. The molecule has 2 rings (SSSR count). The molecule has 1 aliphatic heterocycles. The van der Waals surface area contributed by atoms with E-state index in [0.717, 1.165) is 31.6 Å². The second-order valence-electron chi connectivity index (χ2n) is 5.40. The molecule has 1 heterocycles. The average molecular weight is 308 g/mol. The van der Waals surface area contributed by atoms with Crippen molar-refractivity contribution >= 4 is 10.0 Å². The molecule has 0 aromatic heterocycles. The molecule has 0 unspecified atom stereocenters. The topological polar surface area (TPSA) is 65.6 Å². The molecule has 114 valence electrons. The Hall–Kier alpha value is -1.42. The largest absolute Gasteiger partial charge is 0.333 e. The third-order valence-corrected chi connectivity index (χ3v) is 5.68. The Kier molecular flexibility index (Phi) is 5.74. The molecule has 0 bridgehead atoms. The van der Waals surface area contributed by atoms with Crippen molar-refractivity contribution in [2.45, 2.75) is 18.6 Å². The van der Waals surface area contributed by atoms with E-state index < -0.39 is 10.0 Å². The van der Waals surface area contributed by atoms with Gasteiger partial charge in [-0.05, 0) is 5.56 Å². The number of rotatable bonds is 6. The quantitative estimate of drug-likeness (QED) is 0.754. The Balaban J connectivity index is 1.85. The molecule has 21 heavy (non-hydrogen) atoms. The Morgan fingerprint density at radius 2 is 1.86 bits per heavy atom. The third-order valence-electron chi connectivity index (χ3n) is 3.83. The number of nitrogens with zero attached hydrogens (tertiary/aromatic N) is 2. The summed E-state index contributed by atoms with van der Waals surface area (Å²) in [7, 11) is -3.22. The van der Waals surface area contributed by atoms with Crippen LogP contribution in [0.5, 0.6) is 0 Å². The maximum atomic E-state index is 12.4. The van der Waals surface area contributed by atoms with Gasteiger partial charge in [-0.1, -0.05) is 30.3 Å². The monoisotopic (exact) mass is 308 g/mol. The second kappa shape index (κ2) is 7.55. The van der Waals surface area contributed by atoms with Gasteiger partial charge >= 0.3 is 0 Å². The molecule has 1 aromatic carbocycles. The van der Waals surface area contributed by atoms with Crippen molar-refractivity contribution in [3.63, 3.8) is 0 Å². The number of piperazine rings is 1. The lowest BCUT2D eigenvalue weighted by molar-refractivity contribution is -0.903. The number of nitrogens with one attached hydrogen (secondary N) is 1. The van der Waals surface area contributed by atoms with E-state index in [1.54, 1.807) is 4.31 Å². The Morgan fingerprint density at radius 3 is 2.48 bits per heavy atom. The van der Waals surface area contributed by atoms with Gasteiger partial charge in [-0.2, -0.15) is 9.57 Å². The fraction of sp³-hybridized carbons (Fsp3) is 0.533. The van der Waals surface area contributed by atoms with Crippen LogP contribution in [0.15, 0.2) is 30.3 Å². The molecule has 1 saturated heterocycles. The normalized spacial score (nSPS) is 17.5. The molecule has 1 aliphatic rings. The molecule has 5 nitrogen and oxygen atoms in total. The third kappa shape index (κ3) is 4.81. The van der Waals surface area contributed by atoms with Gasteiger partial charge in [-0.15, -0.1) is 0 Å². The number of hydrogen-bond acceptors (Lipinski definition) is 3. The van der Waals surface area contributed by atoms with Crippen LogP contribution < -0.4 is 4.90 Å². The van der Waals surface area contributed by atoms with Crippen LogP contribution in [0.25, 0.3) is 0 Å². The van der Waals surface area contributed by atoms with Crippen molar-refractivity contribution in [2.24, 2.45) is 0 Å². The number of unbranched alkanes of at least 4 members (excludes halogenated alkanes) is 1. The first-order valence-corrected chi connectivity index (χ1v) is 8.95. The minimum atomic E-state index is -3.22. The number of quaternary nitrogens is 1. The Morgan fingerprint density at radius 1 is 1.19 bits per heavy atom. The van der Waals surface area contributed by atoms with E-state index in [2.05, 4.69) is 6.07 Å². The first kappa shape index (κ1) is 16.0. The molecule has 1 aromatic rings. The summed E-state index contributed by atoms with van der Waals surface area (Å²) in [4.78, 5) is 1.40. The highest BCUT2D eigenvalue weighted by atomic mass is 32.2. The highest BCUT2D eigenvalue weighted by molar-refractivity contribution is 7.88. The van der Waals surface area contributed by atoms with Crippen molar-refractivity contribution in [1.29, 1.82) is 5.26 Å². The van der Waals surface area contributed by atoms with E-state index in [9.17, 15) is 8.42 Å². The second-order valence-corrected chi connectivity index (χ2v) is 7.37. The van der Waals surface area contributed by atoms with Crippen molar-refractivity contribution in [3.05, 3.63) is 35.9 Å². The van der Waals surface area contributed by atoms with Crippen LogP contribution in [0.4, 0.5) is 0 Å². The summed E-state index contributed by atoms with van der Waals surface area (Å²) in [6.07, 6.45) is 1.47. The molecule has 6 heteroatoms. The molecule has 0 radical (unpaired) electrons. The maximum Gasteiger partial charge on any atom is 0.218 e. The zero-order chi connectivity index (χ0) is 15.1. The highest BCUT2D eigenvalue weighted by Crippen LogP contribution is 2.10. The lowest BCUT2D eigenvalue weighted by atomic mass is 10.2. The van der Waals surface area contributed by atoms with Gasteiger partial charge in [0.1, 0.15) is 0 Å². The van der Waals surface area contributed by atoms with E-state index in [-0.39, 0.29) is 5.75 Å². The molecule has 0 spiro atoms. The van der Waals surface area contributed by atoms with Crippen LogP contribution >= 0.6 is 0 Å². The van der Waals surface area contributed by atoms with Gasteiger partial charge in [0.05, 0.1) is 44.5 Å². The van der Waals surface area contributed by atoms with Gasteiger partial charge in [0.2, 0.25) is 10.0 Å². The highest BCUT2D eigenvalue weighted by Gasteiger charge is 2.28. The first-order chi connectivity index (χ1) is 10.1. The average Bonchev–Trinajstić information content (AvgIpc) is 2.49. The molecule has 0 amide bonds. The molecular weight excluding hydrogens is 286 g/mol. The zero-order valence-corrected chi connectivity index (χ0v) is 13.0. The Bertz CT molecular complexity index is 573. The van der Waals surface area contributed by atoms with E-state index in [1.807, 2.05) is 30.3 Å². The van der Waals surface area contributed by atoms with Gasteiger partial charge in [0.25, 0.3) is 0 Å². The standard InChI is InChI=1S/C15H21N3O2S/c16-8-4-5-9-17-10-12-18(13-11-17)21(19,20)14-15-6-2-1-3-7-15/h1-3,6-7H,4-5,9-14H2/p+1. The number of sulfonamides is 1.